The number of halogens is 1. The molecule has 4 nitrogen and oxygen atoms in total. The maximum Gasteiger partial charge on any atom is 0.141 e. The molecular formula is C24H23BrN2O2. The Hall–Kier alpha value is -2.79. The van der Waals surface area contributed by atoms with Crippen LogP contribution in [0.2, 0.25) is 0 Å². The van der Waals surface area contributed by atoms with Crippen molar-refractivity contribution in [3.63, 3.8) is 0 Å². The van der Waals surface area contributed by atoms with E-state index in [4.69, 9.17) is 14.5 Å². The smallest absolute Gasteiger partial charge is 0.141 e. The number of ether oxygens (including phenoxy) is 2. The summed E-state index contributed by atoms with van der Waals surface area (Å²) in [5, 5.41) is 0. The van der Waals surface area contributed by atoms with Gasteiger partial charge in [0.1, 0.15) is 17.3 Å². The van der Waals surface area contributed by atoms with Gasteiger partial charge in [0.05, 0.1) is 24.8 Å². The van der Waals surface area contributed by atoms with E-state index in [0.29, 0.717) is 6.61 Å². The van der Waals surface area contributed by atoms with E-state index in [1.54, 1.807) is 7.11 Å². The molecule has 0 aliphatic carbocycles. The van der Waals surface area contributed by atoms with E-state index >= 15 is 0 Å². The Morgan fingerprint density at radius 3 is 2.48 bits per heavy atom. The van der Waals surface area contributed by atoms with Gasteiger partial charge in [-0.1, -0.05) is 40.2 Å². The molecule has 0 saturated carbocycles. The zero-order chi connectivity index (χ0) is 20.1. The van der Waals surface area contributed by atoms with Crippen molar-refractivity contribution >= 4 is 27.0 Å². The van der Waals surface area contributed by atoms with Gasteiger partial charge in [0.25, 0.3) is 0 Å². The largest absolute Gasteiger partial charge is 0.497 e. The molecule has 0 aliphatic heterocycles. The molecule has 0 unspecified atom stereocenters. The molecule has 0 fully saturated rings. The van der Waals surface area contributed by atoms with Crippen LogP contribution in [0.5, 0.6) is 11.5 Å². The number of nitrogens with zero attached hydrogens (tertiary/aromatic N) is 2. The SMILES string of the molecule is COc1ccc(OCCCCn2c(-c3cccc(Br)c3)nc3ccccc32)cc1. The van der Waals surface area contributed by atoms with Crippen molar-refractivity contribution in [2.75, 3.05) is 13.7 Å². The Morgan fingerprint density at radius 2 is 1.69 bits per heavy atom. The lowest BCUT2D eigenvalue weighted by atomic mass is 10.2. The van der Waals surface area contributed by atoms with E-state index in [1.165, 1.54) is 5.52 Å². The van der Waals surface area contributed by atoms with Gasteiger partial charge in [0, 0.05) is 16.6 Å². The number of para-hydroxylation sites is 2. The minimum atomic E-state index is 0.686. The van der Waals surface area contributed by atoms with Crippen molar-refractivity contribution in [1.82, 2.24) is 9.55 Å². The molecule has 0 aliphatic rings. The number of hydrogen-bond donors (Lipinski definition) is 0. The molecular weight excluding hydrogens is 428 g/mol. The number of unbranched alkanes of at least 4 members (excludes halogenated alkanes) is 1. The number of rotatable bonds is 8. The number of benzene rings is 3. The number of imidazole rings is 1. The van der Waals surface area contributed by atoms with Crippen molar-refractivity contribution in [1.29, 1.82) is 0 Å². The third-order valence-electron chi connectivity index (χ3n) is 4.84. The molecule has 0 atom stereocenters. The number of methoxy groups -OCH3 is 1. The van der Waals surface area contributed by atoms with Gasteiger partial charge in [-0.3, -0.25) is 0 Å². The molecule has 0 amide bonds. The molecule has 0 bridgehead atoms. The van der Waals surface area contributed by atoms with Crippen molar-refractivity contribution in [2.24, 2.45) is 0 Å². The Balaban J connectivity index is 1.43. The van der Waals surface area contributed by atoms with Crippen molar-refractivity contribution in [2.45, 2.75) is 19.4 Å². The van der Waals surface area contributed by atoms with Gasteiger partial charge in [0.2, 0.25) is 0 Å². The van der Waals surface area contributed by atoms with Gasteiger partial charge in [0.15, 0.2) is 0 Å². The zero-order valence-corrected chi connectivity index (χ0v) is 17.9. The minimum absolute atomic E-state index is 0.686. The van der Waals surface area contributed by atoms with E-state index in [0.717, 1.165) is 52.3 Å². The lowest BCUT2D eigenvalue weighted by Crippen LogP contribution is -2.04. The fraction of sp³-hybridized carbons (Fsp3) is 0.208. The van der Waals surface area contributed by atoms with Crippen LogP contribution in [-0.2, 0) is 6.54 Å². The van der Waals surface area contributed by atoms with Gasteiger partial charge in [-0.2, -0.15) is 0 Å². The standard InChI is InChI=1S/C24H23BrN2O2/c1-28-20-11-13-21(14-12-20)29-16-5-4-15-27-23-10-3-2-9-22(23)26-24(27)18-7-6-8-19(25)17-18/h2-3,6-14,17H,4-5,15-16H2,1H3. The second kappa shape index (κ2) is 9.14. The Kier molecular flexibility index (Phi) is 6.15. The topological polar surface area (TPSA) is 36.3 Å². The van der Waals surface area contributed by atoms with Crippen LogP contribution in [0.1, 0.15) is 12.8 Å². The van der Waals surface area contributed by atoms with Gasteiger partial charge in [-0.25, -0.2) is 4.98 Å². The van der Waals surface area contributed by atoms with Crippen LogP contribution in [-0.4, -0.2) is 23.3 Å². The maximum atomic E-state index is 5.86. The third-order valence-corrected chi connectivity index (χ3v) is 5.33. The summed E-state index contributed by atoms with van der Waals surface area (Å²) in [5.74, 6) is 2.71. The van der Waals surface area contributed by atoms with E-state index in [9.17, 15) is 0 Å². The van der Waals surface area contributed by atoms with Crippen molar-refractivity contribution in [3.05, 3.63) is 77.3 Å². The molecule has 29 heavy (non-hydrogen) atoms. The highest BCUT2D eigenvalue weighted by Crippen LogP contribution is 2.27. The summed E-state index contributed by atoms with van der Waals surface area (Å²) in [6.45, 7) is 1.58. The van der Waals surface area contributed by atoms with Gasteiger partial charge >= 0.3 is 0 Å². The monoisotopic (exact) mass is 450 g/mol. The van der Waals surface area contributed by atoms with Gasteiger partial charge in [-0.15, -0.1) is 0 Å². The van der Waals surface area contributed by atoms with Crippen LogP contribution >= 0.6 is 15.9 Å². The zero-order valence-electron chi connectivity index (χ0n) is 16.3. The fourth-order valence-electron chi connectivity index (χ4n) is 3.38. The Bertz CT molecular complexity index is 1090. The summed E-state index contributed by atoms with van der Waals surface area (Å²) in [5.41, 5.74) is 3.31. The van der Waals surface area contributed by atoms with E-state index < -0.39 is 0 Å². The maximum absolute atomic E-state index is 5.86. The predicted octanol–water partition coefficient (Wildman–Crippen LogP) is 6.33. The van der Waals surface area contributed by atoms with Crippen LogP contribution in [0.15, 0.2) is 77.3 Å². The molecule has 0 radical (unpaired) electrons. The van der Waals surface area contributed by atoms with E-state index in [1.807, 2.05) is 42.5 Å². The quantitative estimate of drug-likeness (QED) is 0.294. The normalized spacial score (nSPS) is 11.0. The summed E-state index contributed by atoms with van der Waals surface area (Å²) in [4.78, 5) is 4.89. The summed E-state index contributed by atoms with van der Waals surface area (Å²) >= 11 is 3.57. The predicted molar refractivity (Wildman–Crippen MR) is 121 cm³/mol. The fourth-order valence-corrected chi connectivity index (χ4v) is 3.78. The highest BCUT2D eigenvalue weighted by atomic mass is 79.9. The van der Waals surface area contributed by atoms with E-state index in [-0.39, 0.29) is 0 Å². The summed E-state index contributed by atoms with van der Waals surface area (Å²) in [6.07, 6.45) is 1.98. The van der Waals surface area contributed by atoms with Crippen LogP contribution in [0.4, 0.5) is 0 Å². The number of aryl methyl sites for hydroxylation is 1. The molecule has 148 valence electrons. The molecule has 0 spiro atoms. The summed E-state index contributed by atoms with van der Waals surface area (Å²) in [7, 11) is 1.66. The number of fused-ring (bicyclic) bond motifs is 1. The first-order valence-corrected chi connectivity index (χ1v) is 10.5. The van der Waals surface area contributed by atoms with Crippen molar-refractivity contribution < 1.29 is 9.47 Å². The molecule has 3 aromatic carbocycles. The molecule has 0 saturated heterocycles. The van der Waals surface area contributed by atoms with Crippen LogP contribution < -0.4 is 9.47 Å². The molecule has 0 N–H and O–H groups in total. The van der Waals surface area contributed by atoms with Crippen LogP contribution in [0.25, 0.3) is 22.4 Å². The van der Waals surface area contributed by atoms with Gasteiger partial charge < -0.3 is 14.0 Å². The Labute approximate surface area is 179 Å². The second-order valence-electron chi connectivity index (χ2n) is 6.82. The minimum Gasteiger partial charge on any atom is -0.497 e. The number of aromatic nitrogens is 2. The number of hydrogen-bond acceptors (Lipinski definition) is 3. The Morgan fingerprint density at radius 1 is 0.897 bits per heavy atom. The summed E-state index contributed by atoms with van der Waals surface area (Å²) < 4.78 is 14.4. The lowest BCUT2D eigenvalue weighted by molar-refractivity contribution is 0.303. The average molecular weight is 451 g/mol. The highest BCUT2D eigenvalue weighted by Gasteiger charge is 2.12. The van der Waals surface area contributed by atoms with Crippen molar-refractivity contribution in [3.8, 4) is 22.9 Å². The average Bonchev–Trinajstić information content (AvgIpc) is 3.13. The lowest BCUT2D eigenvalue weighted by Gasteiger charge is -2.11. The van der Waals surface area contributed by atoms with Crippen LogP contribution in [0.3, 0.4) is 0 Å². The first-order valence-electron chi connectivity index (χ1n) is 9.72. The summed E-state index contributed by atoms with van der Waals surface area (Å²) in [6, 6.07) is 24.3. The van der Waals surface area contributed by atoms with E-state index in [2.05, 4.69) is 50.8 Å². The van der Waals surface area contributed by atoms with Gasteiger partial charge in [-0.05, 0) is 61.4 Å². The molecule has 1 heterocycles. The third kappa shape index (κ3) is 4.62. The van der Waals surface area contributed by atoms with Crippen LogP contribution in [0, 0.1) is 0 Å². The first kappa shape index (κ1) is 19.5. The molecule has 1 aromatic heterocycles. The first-order chi connectivity index (χ1) is 14.2. The molecule has 4 aromatic rings. The molecule has 4 rings (SSSR count). The molecule has 5 heteroatoms. The highest BCUT2D eigenvalue weighted by molar-refractivity contribution is 9.10. The second-order valence-corrected chi connectivity index (χ2v) is 7.73.